The van der Waals surface area contributed by atoms with E-state index in [0.29, 0.717) is 23.9 Å². The van der Waals surface area contributed by atoms with Crippen LogP contribution in [0.25, 0.3) is 0 Å². The number of nitrogens with one attached hydrogen (secondary N) is 1. The minimum Gasteiger partial charge on any atom is -0.476 e. The summed E-state index contributed by atoms with van der Waals surface area (Å²) in [5.41, 5.74) is 0.0291. The maximum absolute atomic E-state index is 11.7. The number of carbonyl (C=O) groups is 2. The van der Waals surface area contributed by atoms with E-state index in [0.717, 1.165) is 32.5 Å². The molecule has 0 bridgehead atoms. The Kier molecular flexibility index (Phi) is 5.49. The van der Waals surface area contributed by atoms with Gasteiger partial charge in [-0.3, -0.25) is 4.79 Å². The van der Waals surface area contributed by atoms with Crippen molar-refractivity contribution >= 4 is 23.2 Å². The van der Waals surface area contributed by atoms with E-state index in [1.54, 1.807) is 0 Å². The topological polar surface area (TPSA) is 88.5 Å². The van der Waals surface area contributed by atoms with Crippen LogP contribution in [0, 0.1) is 5.92 Å². The van der Waals surface area contributed by atoms with E-state index in [4.69, 9.17) is 9.84 Å². The number of aromatic carboxylic acids is 1. The third-order valence-corrected chi connectivity index (χ3v) is 4.18. The Labute approximate surface area is 121 Å². The third kappa shape index (κ3) is 4.57. The molecule has 110 valence electrons. The molecule has 2 heterocycles. The van der Waals surface area contributed by atoms with E-state index >= 15 is 0 Å². The van der Waals surface area contributed by atoms with Crippen LogP contribution >= 0.6 is 11.3 Å². The first-order valence-corrected chi connectivity index (χ1v) is 7.55. The zero-order chi connectivity index (χ0) is 14.4. The molecule has 1 aliphatic rings. The van der Waals surface area contributed by atoms with Gasteiger partial charge in [-0.1, -0.05) is 0 Å². The number of hydrogen-bond donors (Lipinski definition) is 2. The van der Waals surface area contributed by atoms with Crippen LogP contribution in [0.1, 0.15) is 41.2 Å². The zero-order valence-electron chi connectivity index (χ0n) is 11.1. The fraction of sp³-hybridized carbons (Fsp3) is 0.615. The SMILES string of the molecule is O=C(CCC1CCOCC1)NCc1nc(C(=O)O)cs1. The number of rotatable bonds is 6. The Balaban J connectivity index is 1.67. The highest BCUT2D eigenvalue weighted by molar-refractivity contribution is 7.09. The lowest BCUT2D eigenvalue weighted by Gasteiger charge is -2.21. The van der Waals surface area contributed by atoms with Gasteiger partial charge in [0.1, 0.15) is 5.01 Å². The highest BCUT2D eigenvalue weighted by atomic mass is 32.1. The van der Waals surface area contributed by atoms with Gasteiger partial charge in [-0.15, -0.1) is 11.3 Å². The fourth-order valence-corrected chi connectivity index (χ4v) is 2.83. The number of thiazole rings is 1. The molecule has 1 aromatic rings. The minimum atomic E-state index is -1.04. The highest BCUT2D eigenvalue weighted by Crippen LogP contribution is 2.19. The third-order valence-electron chi connectivity index (χ3n) is 3.33. The van der Waals surface area contributed by atoms with Gasteiger partial charge in [0.25, 0.3) is 0 Å². The Morgan fingerprint density at radius 2 is 2.20 bits per heavy atom. The number of hydrogen-bond acceptors (Lipinski definition) is 5. The molecule has 0 radical (unpaired) electrons. The molecule has 1 amide bonds. The molecule has 0 aliphatic carbocycles. The van der Waals surface area contributed by atoms with Gasteiger partial charge in [0.15, 0.2) is 5.69 Å². The minimum absolute atomic E-state index is 0.0106. The first-order valence-electron chi connectivity index (χ1n) is 6.67. The molecule has 0 unspecified atom stereocenters. The van der Waals surface area contributed by atoms with Gasteiger partial charge in [0.05, 0.1) is 6.54 Å². The maximum atomic E-state index is 11.7. The number of aromatic nitrogens is 1. The van der Waals surface area contributed by atoms with Gasteiger partial charge in [-0.2, -0.15) is 0 Å². The van der Waals surface area contributed by atoms with Crippen molar-refractivity contribution in [2.24, 2.45) is 5.92 Å². The number of carboxylic acids is 1. The average Bonchev–Trinajstić information content (AvgIpc) is 2.93. The Morgan fingerprint density at radius 1 is 1.45 bits per heavy atom. The summed E-state index contributed by atoms with van der Waals surface area (Å²) in [6.07, 6.45) is 3.44. The number of nitrogens with zero attached hydrogens (tertiary/aromatic N) is 1. The summed E-state index contributed by atoms with van der Waals surface area (Å²) < 4.78 is 5.28. The largest absolute Gasteiger partial charge is 0.476 e. The average molecular weight is 298 g/mol. The molecule has 6 nitrogen and oxygen atoms in total. The van der Waals surface area contributed by atoms with Crippen LogP contribution in [0.4, 0.5) is 0 Å². The summed E-state index contributed by atoms with van der Waals surface area (Å²) >= 11 is 1.24. The van der Waals surface area contributed by atoms with Gasteiger partial charge >= 0.3 is 5.97 Å². The van der Waals surface area contributed by atoms with Crippen molar-refractivity contribution in [2.75, 3.05) is 13.2 Å². The van der Waals surface area contributed by atoms with E-state index in [-0.39, 0.29) is 11.6 Å². The summed E-state index contributed by atoms with van der Waals surface area (Å²) in [5, 5.41) is 13.6. The normalized spacial score (nSPS) is 16.0. The zero-order valence-corrected chi connectivity index (χ0v) is 11.9. The van der Waals surface area contributed by atoms with Crippen molar-refractivity contribution in [1.82, 2.24) is 10.3 Å². The summed E-state index contributed by atoms with van der Waals surface area (Å²) in [6.45, 7) is 1.89. The molecule has 1 saturated heterocycles. The van der Waals surface area contributed by atoms with E-state index in [1.807, 2.05) is 0 Å². The molecule has 0 spiro atoms. The number of ether oxygens (including phenoxy) is 1. The first-order chi connectivity index (χ1) is 9.65. The molecule has 1 fully saturated rings. The standard InChI is InChI=1S/C13H18N2O4S/c16-11(2-1-9-3-5-19-6-4-9)14-7-12-15-10(8-20-12)13(17)18/h8-9H,1-7H2,(H,14,16)(H,17,18). The van der Waals surface area contributed by atoms with Crippen molar-refractivity contribution in [1.29, 1.82) is 0 Å². The quantitative estimate of drug-likeness (QED) is 0.834. The summed E-state index contributed by atoms with van der Waals surface area (Å²) in [5.74, 6) is -0.477. The van der Waals surface area contributed by atoms with Gasteiger partial charge in [-0.05, 0) is 25.2 Å². The number of amides is 1. The molecule has 2 N–H and O–H groups in total. The van der Waals surface area contributed by atoms with Gasteiger partial charge < -0.3 is 15.2 Å². The van der Waals surface area contributed by atoms with Crippen LogP contribution < -0.4 is 5.32 Å². The van der Waals surface area contributed by atoms with Crippen molar-refractivity contribution in [3.63, 3.8) is 0 Å². The lowest BCUT2D eigenvalue weighted by molar-refractivity contribution is -0.121. The lowest BCUT2D eigenvalue weighted by atomic mass is 9.95. The summed E-state index contributed by atoms with van der Waals surface area (Å²) in [4.78, 5) is 26.3. The van der Waals surface area contributed by atoms with Crippen LogP contribution in [0.15, 0.2) is 5.38 Å². The molecule has 0 saturated carbocycles. The Hall–Kier alpha value is -1.47. The Bertz CT molecular complexity index is 469. The highest BCUT2D eigenvalue weighted by Gasteiger charge is 2.15. The van der Waals surface area contributed by atoms with Crippen molar-refractivity contribution < 1.29 is 19.4 Å². The van der Waals surface area contributed by atoms with Crippen LogP contribution in [0.5, 0.6) is 0 Å². The molecular formula is C13H18N2O4S. The van der Waals surface area contributed by atoms with E-state index in [2.05, 4.69) is 10.3 Å². The smallest absolute Gasteiger partial charge is 0.355 e. The molecule has 2 rings (SSSR count). The maximum Gasteiger partial charge on any atom is 0.355 e. The van der Waals surface area contributed by atoms with Crippen molar-refractivity contribution in [3.05, 3.63) is 16.1 Å². The Morgan fingerprint density at radius 3 is 2.85 bits per heavy atom. The van der Waals surface area contributed by atoms with Gasteiger partial charge in [0.2, 0.25) is 5.91 Å². The van der Waals surface area contributed by atoms with Crippen molar-refractivity contribution in [3.8, 4) is 0 Å². The number of carbonyl (C=O) groups excluding carboxylic acids is 1. The molecule has 1 aliphatic heterocycles. The first kappa shape index (κ1) is 14.9. The van der Waals surface area contributed by atoms with E-state index in [9.17, 15) is 9.59 Å². The lowest BCUT2D eigenvalue weighted by Crippen LogP contribution is -2.24. The molecule has 0 atom stereocenters. The molecule has 7 heteroatoms. The van der Waals surface area contributed by atoms with Crippen molar-refractivity contribution in [2.45, 2.75) is 32.2 Å². The van der Waals surface area contributed by atoms with Gasteiger partial charge in [-0.25, -0.2) is 9.78 Å². The predicted octanol–water partition coefficient (Wildman–Crippen LogP) is 1.66. The molecular weight excluding hydrogens is 280 g/mol. The molecule has 20 heavy (non-hydrogen) atoms. The fourth-order valence-electron chi connectivity index (χ4n) is 2.12. The second kappa shape index (κ2) is 7.35. The summed E-state index contributed by atoms with van der Waals surface area (Å²) in [7, 11) is 0. The second-order valence-electron chi connectivity index (χ2n) is 4.80. The number of carboxylic acid groups (broad SMARTS) is 1. The van der Waals surface area contributed by atoms with Crippen LogP contribution in [-0.4, -0.2) is 35.2 Å². The van der Waals surface area contributed by atoms with Gasteiger partial charge in [0, 0.05) is 25.0 Å². The van der Waals surface area contributed by atoms with Crippen LogP contribution in [0.2, 0.25) is 0 Å². The van der Waals surface area contributed by atoms with E-state index < -0.39 is 5.97 Å². The summed E-state index contributed by atoms with van der Waals surface area (Å²) in [6, 6.07) is 0. The molecule has 0 aromatic carbocycles. The molecule has 1 aromatic heterocycles. The predicted molar refractivity (Wildman–Crippen MR) is 73.7 cm³/mol. The van der Waals surface area contributed by atoms with Crippen LogP contribution in [-0.2, 0) is 16.1 Å². The van der Waals surface area contributed by atoms with Crippen LogP contribution in [0.3, 0.4) is 0 Å². The monoisotopic (exact) mass is 298 g/mol. The second-order valence-corrected chi connectivity index (χ2v) is 5.75. The van der Waals surface area contributed by atoms with E-state index in [1.165, 1.54) is 16.7 Å².